The average Bonchev–Trinajstić information content (AvgIpc) is 4.11. The third-order valence-electron chi connectivity index (χ3n) is 12.9. The second kappa shape index (κ2) is 17.4. The standard InChI is InChI=1S/C45H51N9O6/c55-42(38(51-44-57-26-58-44)30-9-3-1-4-10-30)53-21-7-13-36(53)40-47-24-34(49-40)29-17-15-28(16-18-29)32-19-20-33(46-23-32)35-25-48-41(50-35)37-14-8-22-54(37)43(56)39(52-45-59-27-60-45)31-11-5-2-6-12-31/h1-6,9-12,19-20,23-25,28-29,36-39,44-45,51-52H,7-8,13-18,21-22,26-27H2,(H,47,49)(H,48,50)/t28?,29?,36-,37-,38+,39+/m0/s1. The lowest BCUT2D eigenvalue weighted by Gasteiger charge is -2.34. The van der Waals surface area contributed by atoms with E-state index in [1.807, 2.05) is 89.1 Å². The number of rotatable bonds is 13. The van der Waals surface area contributed by atoms with Gasteiger partial charge in [0.2, 0.25) is 24.6 Å². The smallest absolute Gasteiger partial charge is 0.245 e. The van der Waals surface area contributed by atoms with E-state index >= 15 is 0 Å². The summed E-state index contributed by atoms with van der Waals surface area (Å²) in [6, 6.07) is 22.3. The first-order chi connectivity index (χ1) is 29.6. The molecule has 4 aliphatic heterocycles. The van der Waals surface area contributed by atoms with Crippen LogP contribution >= 0.6 is 0 Å². The third kappa shape index (κ3) is 8.00. The summed E-state index contributed by atoms with van der Waals surface area (Å²) in [4.78, 5) is 53.6. The SMILES string of the molecule is O=C([C@H](NC1OCO1)c1ccccc1)N1CCC[C@H]1c1ncc(-c2ccc(C3CCC(c4cnc([C@@H]5CCCN5C(=O)[C@H](NC5OCO5)c5ccccc5)[nH]4)CC3)cn2)[nH]1. The first-order valence-corrected chi connectivity index (χ1v) is 21.3. The maximum Gasteiger partial charge on any atom is 0.245 e. The minimum absolute atomic E-state index is 0.00187. The number of pyridine rings is 1. The molecule has 5 aliphatic rings. The number of hydrogen-bond acceptors (Lipinski definition) is 11. The maximum atomic E-state index is 14.1. The molecule has 0 spiro atoms. The zero-order valence-corrected chi connectivity index (χ0v) is 33.4. The van der Waals surface area contributed by atoms with Crippen molar-refractivity contribution >= 4 is 11.8 Å². The van der Waals surface area contributed by atoms with E-state index in [0.717, 1.165) is 91.2 Å². The minimum Gasteiger partial charge on any atom is -0.344 e. The minimum atomic E-state index is -0.608. The summed E-state index contributed by atoms with van der Waals surface area (Å²) in [5.41, 5.74) is 5.79. The number of nitrogens with zero attached hydrogens (tertiary/aromatic N) is 5. The predicted octanol–water partition coefficient (Wildman–Crippen LogP) is 6.20. The van der Waals surface area contributed by atoms with Gasteiger partial charge in [0.05, 0.1) is 29.7 Å². The van der Waals surface area contributed by atoms with Gasteiger partial charge >= 0.3 is 0 Å². The molecule has 0 bridgehead atoms. The highest BCUT2D eigenvalue weighted by Crippen LogP contribution is 2.42. The van der Waals surface area contributed by atoms with Gasteiger partial charge in [0.1, 0.15) is 23.7 Å². The summed E-state index contributed by atoms with van der Waals surface area (Å²) < 4.78 is 21.8. The van der Waals surface area contributed by atoms with Gasteiger partial charge in [-0.1, -0.05) is 66.7 Å². The fraction of sp³-hybridized carbons (Fsp3) is 0.444. The highest BCUT2D eigenvalue weighted by molar-refractivity contribution is 5.84. The van der Waals surface area contributed by atoms with Crippen molar-refractivity contribution < 1.29 is 28.5 Å². The van der Waals surface area contributed by atoms with Crippen LogP contribution in [-0.2, 0) is 28.5 Å². The Bertz CT molecular complexity index is 2220. The van der Waals surface area contributed by atoms with E-state index in [1.165, 1.54) is 5.56 Å². The summed E-state index contributed by atoms with van der Waals surface area (Å²) in [7, 11) is 0. The molecule has 15 heteroatoms. The van der Waals surface area contributed by atoms with Crippen LogP contribution < -0.4 is 10.6 Å². The number of imidazole rings is 2. The zero-order valence-electron chi connectivity index (χ0n) is 33.4. The highest BCUT2D eigenvalue weighted by atomic mass is 16.9. The molecule has 4 N–H and O–H groups in total. The normalized spacial score (nSPS) is 24.5. The van der Waals surface area contributed by atoms with Crippen LogP contribution in [0.5, 0.6) is 0 Å². The van der Waals surface area contributed by atoms with Crippen molar-refractivity contribution in [1.29, 1.82) is 0 Å². The molecule has 1 saturated carbocycles. The van der Waals surface area contributed by atoms with E-state index in [9.17, 15) is 9.59 Å². The number of aromatic amines is 2. The largest absolute Gasteiger partial charge is 0.344 e. The van der Waals surface area contributed by atoms with Crippen molar-refractivity contribution in [3.05, 3.63) is 125 Å². The zero-order chi connectivity index (χ0) is 40.4. The van der Waals surface area contributed by atoms with Crippen molar-refractivity contribution in [2.24, 2.45) is 0 Å². The summed E-state index contributed by atoms with van der Waals surface area (Å²) in [5.74, 6) is 2.40. The van der Waals surface area contributed by atoms with Crippen LogP contribution in [0.15, 0.2) is 91.4 Å². The van der Waals surface area contributed by atoms with Gasteiger partial charge in [0.25, 0.3) is 0 Å². The molecule has 0 radical (unpaired) electrons. The Morgan fingerprint density at radius 3 is 1.65 bits per heavy atom. The fourth-order valence-corrected chi connectivity index (χ4v) is 9.52. The summed E-state index contributed by atoms with van der Waals surface area (Å²) in [6.45, 7) is 1.77. The van der Waals surface area contributed by atoms with Crippen molar-refractivity contribution in [1.82, 2.24) is 45.4 Å². The number of amides is 2. The van der Waals surface area contributed by atoms with Gasteiger partial charge in [-0.25, -0.2) is 9.97 Å². The molecule has 312 valence electrons. The van der Waals surface area contributed by atoms with E-state index in [2.05, 4.69) is 32.7 Å². The van der Waals surface area contributed by atoms with Crippen LogP contribution in [0.25, 0.3) is 11.4 Å². The number of ether oxygens (including phenoxy) is 4. The predicted molar refractivity (Wildman–Crippen MR) is 218 cm³/mol. The van der Waals surface area contributed by atoms with E-state index in [1.54, 1.807) is 0 Å². The quantitative estimate of drug-likeness (QED) is 0.107. The summed E-state index contributed by atoms with van der Waals surface area (Å²) in [5, 5.41) is 6.46. The van der Waals surface area contributed by atoms with Gasteiger partial charge in [-0.2, -0.15) is 0 Å². The molecule has 4 atom stereocenters. The Kier molecular flexibility index (Phi) is 11.3. The number of carbonyl (C=O) groups excluding carboxylic acids is 2. The second-order valence-corrected chi connectivity index (χ2v) is 16.4. The number of aromatic nitrogens is 5. The lowest BCUT2D eigenvalue weighted by atomic mass is 9.78. The van der Waals surface area contributed by atoms with E-state index in [0.29, 0.717) is 24.9 Å². The molecule has 5 aromatic rings. The molecule has 2 amide bonds. The number of H-pyrrole nitrogens is 2. The number of carbonyl (C=O) groups is 2. The highest BCUT2D eigenvalue weighted by Gasteiger charge is 2.40. The first kappa shape index (κ1) is 38.9. The van der Waals surface area contributed by atoms with Crippen LogP contribution in [0.3, 0.4) is 0 Å². The average molecular weight is 814 g/mol. The first-order valence-electron chi connectivity index (χ1n) is 21.3. The van der Waals surface area contributed by atoms with E-state index in [-0.39, 0.29) is 37.5 Å². The topological polar surface area (TPSA) is 172 Å². The molecular formula is C45H51N9O6. The Morgan fingerprint density at radius 2 is 1.13 bits per heavy atom. The summed E-state index contributed by atoms with van der Waals surface area (Å²) >= 11 is 0. The summed E-state index contributed by atoms with van der Waals surface area (Å²) in [6.07, 6.45) is 12.3. The Labute approximate surface area is 348 Å². The number of benzene rings is 2. The number of hydrogen-bond donors (Lipinski definition) is 4. The molecule has 4 saturated heterocycles. The lowest BCUT2D eigenvalue weighted by Crippen LogP contribution is -2.50. The molecule has 1 aliphatic carbocycles. The van der Waals surface area contributed by atoms with Gasteiger partial charge in [0.15, 0.2) is 13.6 Å². The van der Waals surface area contributed by atoms with Gasteiger partial charge in [0, 0.05) is 37.1 Å². The Balaban J connectivity index is 0.754. The molecule has 10 rings (SSSR count). The molecule has 7 heterocycles. The number of likely N-dealkylation sites (tertiary alicyclic amines) is 2. The van der Waals surface area contributed by atoms with Gasteiger partial charge in [-0.15, -0.1) is 0 Å². The molecular weight excluding hydrogens is 763 g/mol. The molecule has 60 heavy (non-hydrogen) atoms. The van der Waals surface area contributed by atoms with Crippen LogP contribution in [-0.4, -0.2) is 86.0 Å². The van der Waals surface area contributed by atoms with Crippen LogP contribution in [0.4, 0.5) is 0 Å². The molecule has 3 aromatic heterocycles. The van der Waals surface area contributed by atoms with Crippen molar-refractivity contribution in [3.63, 3.8) is 0 Å². The van der Waals surface area contributed by atoms with Gasteiger partial charge < -0.3 is 38.7 Å². The lowest BCUT2D eigenvalue weighted by molar-refractivity contribution is -0.335. The van der Waals surface area contributed by atoms with Crippen molar-refractivity contribution in [2.75, 3.05) is 26.7 Å². The van der Waals surface area contributed by atoms with Crippen LogP contribution in [0.2, 0.25) is 0 Å². The van der Waals surface area contributed by atoms with Gasteiger partial charge in [-0.3, -0.25) is 25.2 Å². The van der Waals surface area contributed by atoms with E-state index < -0.39 is 24.9 Å². The molecule has 15 nitrogen and oxygen atoms in total. The Hall–Kier alpha value is -5.29. The van der Waals surface area contributed by atoms with Crippen molar-refractivity contribution in [3.8, 4) is 11.4 Å². The van der Waals surface area contributed by atoms with Crippen LogP contribution in [0, 0.1) is 0 Å². The van der Waals surface area contributed by atoms with Gasteiger partial charge in [-0.05, 0) is 80.0 Å². The van der Waals surface area contributed by atoms with E-state index in [4.69, 9.17) is 33.9 Å². The third-order valence-corrected chi connectivity index (χ3v) is 12.9. The number of nitrogens with one attached hydrogen (secondary N) is 4. The second-order valence-electron chi connectivity index (χ2n) is 16.4. The molecule has 0 unspecified atom stereocenters. The molecule has 2 aromatic carbocycles. The maximum absolute atomic E-state index is 14.1. The molecule has 5 fully saturated rings. The fourth-order valence-electron chi connectivity index (χ4n) is 9.52. The van der Waals surface area contributed by atoms with Crippen molar-refractivity contribution in [2.45, 2.75) is 100 Å². The Morgan fingerprint density at radius 1 is 0.600 bits per heavy atom. The monoisotopic (exact) mass is 813 g/mol. The van der Waals surface area contributed by atoms with Crippen LogP contribution in [0.1, 0.15) is 121 Å².